The third-order valence-corrected chi connectivity index (χ3v) is 2.26. The van der Waals surface area contributed by atoms with Gasteiger partial charge in [0, 0.05) is 12.1 Å². The second-order valence-corrected chi connectivity index (χ2v) is 3.30. The average Bonchev–Trinajstić information content (AvgIpc) is 2.27. The Kier molecular flexibility index (Phi) is 3.57. The number of nitrogens with two attached hydrogens (primary N) is 1. The Morgan fingerprint density at radius 3 is 2.69 bits per heavy atom. The maximum absolute atomic E-state index is 11.2. The number of esters is 1. The van der Waals surface area contributed by atoms with E-state index in [2.05, 4.69) is 4.74 Å². The second kappa shape index (κ2) is 4.71. The standard InChI is InChI=1S/C10H12N2O4/c1-6-3-4-7(12(14)15)5-8(6)9(11)10(13)16-2/h3-5,9H,11H2,1-2H3. The predicted octanol–water partition coefficient (Wildman–Crippen LogP) is 1.08. The minimum absolute atomic E-state index is 0.0973. The molecule has 1 unspecified atom stereocenters. The first-order chi connectivity index (χ1) is 7.47. The Bertz CT molecular complexity index is 431. The van der Waals surface area contributed by atoms with Gasteiger partial charge in [-0.3, -0.25) is 14.9 Å². The lowest BCUT2D eigenvalue weighted by atomic mass is 10.0. The van der Waals surface area contributed by atoms with Crippen molar-refractivity contribution in [2.75, 3.05) is 7.11 Å². The smallest absolute Gasteiger partial charge is 0.327 e. The Morgan fingerprint density at radius 1 is 1.56 bits per heavy atom. The Labute approximate surface area is 92.2 Å². The van der Waals surface area contributed by atoms with Crippen LogP contribution in [0.5, 0.6) is 0 Å². The fraction of sp³-hybridized carbons (Fsp3) is 0.300. The number of methoxy groups -OCH3 is 1. The Hall–Kier alpha value is -1.95. The van der Waals surface area contributed by atoms with E-state index in [-0.39, 0.29) is 5.69 Å². The molecule has 0 bridgehead atoms. The first kappa shape index (κ1) is 12.1. The van der Waals surface area contributed by atoms with Crippen molar-refractivity contribution in [3.63, 3.8) is 0 Å². The number of carbonyl (C=O) groups is 1. The molecule has 0 spiro atoms. The van der Waals surface area contributed by atoms with Crippen LogP contribution in [0.25, 0.3) is 0 Å². The van der Waals surface area contributed by atoms with Crippen LogP contribution in [0.2, 0.25) is 0 Å². The van der Waals surface area contributed by atoms with E-state index < -0.39 is 16.9 Å². The monoisotopic (exact) mass is 224 g/mol. The van der Waals surface area contributed by atoms with Crippen LogP contribution in [0.4, 0.5) is 5.69 Å². The van der Waals surface area contributed by atoms with E-state index in [1.165, 1.54) is 19.2 Å². The highest BCUT2D eigenvalue weighted by Crippen LogP contribution is 2.22. The van der Waals surface area contributed by atoms with E-state index in [9.17, 15) is 14.9 Å². The molecule has 0 aromatic heterocycles. The molecular weight excluding hydrogens is 212 g/mol. The zero-order valence-corrected chi connectivity index (χ0v) is 8.97. The molecule has 0 saturated heterocycles. The van der Waals surface area contributed by atoms with Crippen molar-refractivity contribution in [3.05, 3.63) is 39.4 Å². The second-order valence-electron chi connectivity index (χ2n) is 3.30. The lowest BCUT2D eigenvalue weighted by Crippen LogP contribution is -2.23. The molecule has 0 fully saturated rings. The van der Waals surface area contributed by atoms with Gasteiger partial charge in [-0.25, -0.2) is 0 Å². The highest BCUT2D eigenvalue weighted by Gasteiger charge is 2.20. The van der Waals surface area contributed by atoms with Gasteiger partial charge in [0.1, 0.15) is 6.04 Å². The number of ether oxygens (including phenoxy) is 1. The van der Waals surface area contributed by atoms with Gasteiger partial charge in [-0.15, -0.1) is 0 Å². The maximum Gasteiger partial charge on any atom is 0.327 e. The maximum atomic E-state index is 11.2. The fourth-order valence-electron chi connectivity index (χ4n) is 1.33. The third kappa shape index (κ3) is 2.34. The Balaban J connectivity index is 3.16. The quantitative estimate of drug-likeness (QED) is 0.470. The molecule has 0 aliphatic carbocycles. The largest absolute Gasteiger partial charge is 0.468 e. The van der Waals surface area contributed by atoms with E-state index in [1.54, 1.807) is 13.0 Å². The van der Waals surface area contributed by atoms with Gasteiger partial charge in [-0.2, -0.15) is 0 Å². The minimum atomic E-state index is -0.995. The predicted molar refractivity (Wildman–Crippen MR) is 56.8 cm³/mol. The summed E-state index contributed by atoms with van der Waals surface area (Å²) >= 11 is 0. The summed E-state index contributed by atoms with van der Waals surface area (Å²) in [6, 6.07) is 3.21. The van der Waals surface area contributed by atoms with Crippen LogP contribution in [-0.4, -0.2) is 18.0 Å². The topological polar surface area (TPSA) is 95.5 Å². The van der Waals surface area contributed by atoms with Crippen molar-refractivity contribution in [2.45, 2.75) is 13.0 Å². The normalized spacial score (nSPS) is 11.9. The summed E-state index contributed by atoms with van der Waals surface area (Å²) in [5.74, 6) is -0.622. The van der Waals surface area contributed by atoms with Crippen molar-refractivity contribution in [2.24, 2.45) is 5.73 Å². The molecule has 16 heavy (non-hydrogen) atoms. The minimum Gasteiger partial charge on any atom is -0.468 e. The van der Waals surface area contributed by atoms with Crippen LogP contribution in [0.15, 0.2) is 18.2 Å². The molecule has 1 rings (SSSR count). The van der Waals surface area contributed by atoms with Gasteiger partial charge >= 0.3 is 5.97 Å². The number of non-ortho nitro benzene ring substituents is 1. The molecule has 0 heterocycles. The van der Waals surface area contributed by atoms with Crippen LogP contribution in [0, 0.1) is 17.0 Å². The van der Waals surface area contributed by atoms with Crippen molar-refractivity contribution >= 4 is 11.7 Å². The highest BCUT2D eigenvalue weighted by atomic mass is 16.6. The van der Waals surface area contributed by atoms with Gasteiger partial charge in [0.2, 0.25) is 0 Å². The number of nitro benzene ring substituents is 1. The van der Waals surface area contributed by atoms with Crippen molar-refractivity contribution in [1.82, 2.24) is 0 Å². The van der Waals surface area contributed by atoms with Gasteiger partial charge in [0.25, 0.3) is 5.69 Å². The number of hydrogen-bond acceptors (Lipinski definition) is 5. The molecule has 2 N–H and O–H groups in total. The molecule has 1 aromatic rings. The average molecular weight is 224 g/mol. The molecule has 0 aliphatic heterocycles. The van der Waals surface area contributed by atoms with E-state index in [0.29, 0.717) is 11.1 Å². The summed E-state index contributed by atoms with van der Waals surface area (Å²) in [6.07, 6.45) is 0. The molecule has 0 aliphatic rings. The number of nitro groups is 1. The number of hydrogen-bond donors (Lipinski definition) is 1. The number of aryl methyl sites for hydroxylation is 1. The molecule has 1 aromatic carbocycles. The van der Waals surface area contributed by atoms with Gasteiger partial charge in [0.15, 0.2) is 0 Å². The zero-order chi connectivity index (χ0) is 12.3. The molecule has 86 valence electrons. The van der Waals surface area contributed by atoms with E-state index >= 15 is 0 Å². The van der Waals surface area contributed by atoms with Crippen LogP contribution >= 0.6 is 0 Å². The first-order valence-corrected chi connectivity index (χ1v) is 4.55. The van der Waals surface area contributed by atoms with Crippen molar-refractivity contribution in [3.8, 4) is 0 Å². The van der Waals surface area contributed by atoms with Crippen LogP contribution in [-0.2, 0) is 9.53 Å². The number of nitrogens with zero attached hydrogens (tertiary/aromatic N) is 1. The van der Waals surface area contributed by atoms with E-state index in [4.69, 9.17) is 5.73 Å². The molecular formula is C10H12N2O4. The molecule has 6 heteroatoms. The van der Waals surface area contributed by atoms with Gasteiger partial charge < -0.3 is 10.5 Å². The fourth-order valence-corrected chi connectivity index (χ4v) is 1.33. The number of benzene rings is 1. The molecule has 0 saturated carbocycles. The third-order valence-electron chi connectivity index (χ3n) is 2.26. The van der Waals surface area contributed by atoms with Gasteiger partial charge in [-0.05, 0) is 18.1 Å². The van der Waals surface area contributed by atoms with Crippen LogP contribution in [0.3, 0.4) is 0 Å². The SMILES string of the molecule is COC(=O)C(N)c1cc([N+](=O)[O-])ccc1C. The molecule has 1 atom stereocenters. The van der Waals surface area contributed by atoms with Crippen LogP contribution in [0.1, 0.15) is 17.2 Å². The summed E-state index contributed by atoms with van der Waals surface area (Å²) in [5.41, 5.74) is 6.64. The summed E-state index contributed by atoms with van der Waals surface area (Å²) in [5, 5.41) is 10.6. The van der Waals surface area contributed by atoms with Crippen molar-refractivity contribution < 1.29 is 14.5 Å². The van der Waals surface area contributed by atoms with E-state index in [1.807, 2.05) is 0 Å². The lowest BCUT2D eigenvalue weighted by Gasteiger charge is -2.11. The van der Waals surface area contributed by atoms with Crippen molar-refractivity contribution in [1.29, 1.82) is 0 Å². The number of carbonyl (C=O) groups excluding carboxylic acids is 1. The lowest BCUT2D eigenvalue weighted by molar-refractivity contribution is -0.384. The summed E-state index contributed by atoms with van der Waals surface area (Å²) in [4.78, 5) is 21.3. The molecule has 0 radical (unpaired) electrons. The number of rotatable bonds is 3. The van der Waals surface area contributed by atoms with Gasteiger partial charge in [0.05, 0.1) is 12.0 Å². The summed E-state index contributed by atoms with van der Waals surface area (Å²) in [7, 11) is 1.22. The summed E-state index contributed by atoms with van der Waals surface area (Å²) < 4.78 is 4.49. The van der Waals surface area contributed by atoms with E-state index in [0.717, 1.165) is 0 Å². The van der Waals surface area contributed by atoms with Gasteiger partial charge in [-0.1, -0.05) is 6.07 Å². The summed E-state index contributed by atoms with van der Waals surface area (Å²) in [6.45, 7) is 1.72. The first-order valence-electron chi connectivity index (χ1n) is 4.55. The zero-order valence-electron chi connectivity index (χ0n) is 8.97. The molecule has 6 nitrogen and oxygen atoms in total. The van der Waals surface area contributed by atoms with Crippen LogP contribution < -0.4 is 5.73 Å². The molecule has 0 amide bonds. The highest BCUT2D eigenvalue weighted by molar-refractivity contribution is 5.78. The Morgan fingerprint density at radius 2 is 2.19 bits per heavy atom.